The number of hydrogen-bond acceptors (Lipinski definition) is 5. The largest absolute Gasteiger partial charge is 0.369 e. The summed E-state index contributed by atoms with van der Waals surface area (Å²) in [4.78, 5) is 43.4. The minimum Gasteiger partial charge on any atom is -0.369 e. The van der Waals surface area contributed by atoms with Crippen LogP contribution in [0.3, 0.4) is 0 Å². The summed E-state index contributed by atoms with van der Waals surface area (Å²) in [7, 11) is 0. The molecule has 1 fully saturated rings. The molecule has 178 valence electrons. The summed E-state index contributed by atoms with van der Waals surface area (Å²) in [5.74, 6) is -0.481. The van der Waals surface area contributed by atoms with Crippen LogP contribution in [0.5, 0.6) is 0 Å². The van der Waals surface area contributed by atoms with E-state index in [0.717, 1.165) is 26.2 Å². The second-order valence-electron chi connectivity index (χ2n) is 9.37. The molecule has 1 saturated heterocycles. The molecular weight excluding hydrogens is 438 g/mol. The summed E-state index contributed by atoms with van der Waals surface area (Å²) in [5.41, 5.74) is 5.91. The molecule has 1 heterocycles. The molecule has 6 nitrogen and oxygen atoms in total. The van der Waals surface area contributed by atoms with E-state index in [9.17, 15) is 14.4 Å². The van der Waals surface area contributed by atoms with Crippen molar-refractivity contribution in [3.8, 4) is 0 Å². The SMILES string of the molecule is Cc1cccc(N2CCN([C@@H](C)C(=O)Nc3ccc4c(c3)C(=O)c3ccccc3C4=O)CC2)c1C. The fourth-order valence-electron chi connectivity index (χ4n) is 5.02. The van der Waals surface area contributed by atoms with E-state index in [1.165, 1.54) is 16.8 Å². The Kier molecular flexibility index (Phi) is 5.99. The van der Waals surface area contributed by atoms with Gasteiger partial charge < -0.3 is 10.2 Å². The van der Waals surface area contributed by atoms with Crippen molar-refractivity contribution >= 4 is 28.8 Å². The van der Waals surface area contributed by atoms with Crippen LogP contribution in [0, 0.1) is 13.8 Å². The van der Waals surface area contributed by atoms with Crippen molar-refractivity contribution in [1.82, 2.24) is 4.90 Å². The molecule has 0 radical (unpaired) electrons. The lowest BCUT2D eigenvalue weighted by Gasteiger charge is -2.39. The van der Waals surface area contributed by atoms with E-state index in [2.05, 4.69) is 47.2 Å². The highest BCUT2D eigenvalue weighted by Crippen LogP contribution is 2.29. The van der Waals surface area contributed by atoms with Crippen LogP contribution >= 0.6 is 0 Å². The van der Waals surface area contributed by atoms with Crippen LogP contribution < -0.4 is 10.2 Å². The highest BCUT2D eigenvalue weighted by Gasteiger charge is 2.30. The van der Waals surface area contributed by atoms with Crippen LogP contribution in [0.15, 0.2) is 60.7 Å². The van der Waals surface area contributed by atoms with Gasteiger partial charge in [-0.1, -0.05) is 36.4 Å². The first-order chi connectivity index (χ1) is 16.8. The number of nitrogens with one attached hydrogen (secondary N) is 1. The summed E-state index contributed by atoms with van der Waals surface area (Å²) in [5, 5.41) is 2.95. The van der Waals surface area contributed by atoms with Gasteiger partial charge in [0.2, 0.25) is 5.91 Å². The van der Waals surface area contributed by atoms with Gasteiger partial charge in [-0.05, 0) is 56.2 Å². The van der Waals surface area contributed by atoms with Crippen molar-refractivity contribution in [3.05, 3.63) is 94.0 Å². The lowest BCUT2D eigenvalue weighted by Crippen LogP contribution is -2.53. The molecule has 35 heavy (non-hydrogen) atoms. The van der Waals surface area contributed by atoms with E-state index < -0.39 is 0 Å². The second kappa shape index (κ2) is 9.12. The average molecular weight is 468 g/mol. The Morgan fingerprint density at radius 3 is 2.11 bits per heavy atom. The van der Waals surface area contributed by atoms with E-state index in [-0.39, 0.29) is 23.5 Å². The maximum Gasteiger partial charge on any atom is 0.241 e. The van der Waals surface area contributed by atoms with Crippen LogP contribution in [0.1, 0.15) is 49.9 Å². The Hall–Kier alpha value is -3.77. The zero-order valence-electron chi connectivity index (χ0n) is 20.3. The zero-order chi connectivity index (χ0) is 24.7. The Balaban J connectivity index is 1.26. The van der Waals surface area contributed by atoms with Crippen LogP contribution in [0.25, 0.3) is 0 Å². The Morgan fingerprint density at radius 1 is 0.800 bits per heavy atom. The number of hydrogen-bond donors (Lipinski definition) is 1. The van der Waals surface area contributed by atoms with Crippen LogP contribution in [0.4, 0.5) is 11.4 Å². The summed E-state index contributed by atoms with van der Waals surface area (Å²) in [6, 6.07) is 17.9. The molecule has 3 aromatic rings. The van der Waals surface area contributed by atoms with Gasteiger partial charge in [-0.3, -0.25) is 19.3 Å². The molecule has 0 spiro atoms. The first-order valence-corrected chi connectivity index (χ1v) is 12.0. The van der Waals surface area contributed by atoms with E-state index in [1.54, 1.807) is 42.5 Å². The number of ketones is 2. The van der Waals surface area contributed by atoms with E-state index in [4.69, 9.17) is 0 Å². The number of aryl methyl sites for hydroxylation is 1. The number of piperazine rings is 1. The predicted molar refractivity (Wildman–Crippen MR) is 138 cm³/mol. The number of benzene rings is 3. The quantitative estimate of drug-likeness (QED) is 0.487. The second-order valence-corrected chi connectivity index (χ2v) is 9.37. The van der Waals surface area contributed by atoms with Gasteiger partial charge in [-0.15, -0.1) is 0 Å². The summed E-state index contributed by atoms with van der Waals surface area (Å²) >= 11 is 0. The monoisotopic (exact) mass is 467 g/mol. The Labute approximate surface area is 205 Å². The van der Waals surface area contributed by atoms with Gasteiger partial charge in [0.1, 0.15) is 0 Å². The number of amides is 1. The minimum atomic E-state index is -0.315. The van der Waals surface area contributed by atoms with Gasteiger partial charge in [0.05, 0.1) is 6.04 Å². The average Bonchev–Trinajstić information content (AvgIpc) is 2.88. The first-order valence-electron chi connectivity index (χ1n) is 12.0. The molecule has 6 heteroatoms. The Bertz CT molecular complexity index is 1340. The molecule has 1 N–H and O–H groups in total. The van der Waals surface area contributed by atoms with E-state index >= 15 is 0 Å². The highest BCUT2D eigenvalue weighted by atomic mass is 16.2. The van der Waals surface area contributed by atoms with Crippen LogP contribution in [-0.2, 0) is 4.79 Å². The number of carbonyl (C=O) groups is 3. The van der Waals surface area contributed by atoms with Gasteiger partial charge in [-0.2, -0.15) is 0 Å². The van der Waals surface area contributed by atoms with Crippen molar-refractivity contribution in [2.45, 2.75) is 26.8 Å². The summed E-state index contributed by atoms with van der Waals surface area (Å²) < 4.78 is 0. The third kappa shape index (κ3) is 4.15. The molecule has 0 bridgehead atoms. The first kappa shape index (κ1) is 23.0. The maximum atomic E-state index is 13.1. The number of fused-ring (bicyclic) bond motifs is 2. The predicted octanol–water partition coefficient (Wildman–Crippen LogP) is 4.23. The molecule has 0 saturated carbocycles. The topological polar surface area (TPSA) is 69.7 Å². The van der Waals surface area contributed by atoms with E-state index in [0.29, 0.717) is 27.9 Å². The highest BCUT2D eigenvalue weighted by molar-refractivity contribution is 6.28. The third-order valence-corrected chi connectivity index (χ3v) is 7.35. The number of nitrogens with zero attached hydrogens (tertiary/aromatic N) is 2. The van der Waals surface area contributed by atoms with Crippen molar-refractivity contribution in [3.63, 3.8) is 0 Å². The number of anilines is 2. The standard InChI is InChI=1S/C29H29N3O3/c1-18-7-6-10-26(19(18)2)32-15-13-31(14-16-32)20(3)29(35)30-21-11-12-24-25(17-21)28(34)23-9-5-4-8-22(23)27(24)33/h4-12,17,20H,13-16H2,1-3H3,(H,30,35)/t20-/m0/s1. The normalized spacial score (nSPS) is 16.5. The molecule has 1 amide bonds. The molecule has 3 aromatic carbocycles. The number of carbonyl (C=O) groups excluding carboxylic acids is 3. The van der Waals surface area contributed by atoms with E-state index in [1.807, 2.05) is 6.92 Å². The Morgan fingerprint density at radius 2 is 1.43 bits per heavy atom. The van der Waals surface area contributed by atoms with Crippen molar-refractivity contribution in [1.29, 1.82) is 0 Å². The van der Waals surface area contributed by atoms with Crippen molar-refractivity contribution in [2.75, 3.05) is 36.4 Å². The molecule has 1 aliphatic heterocycles. The molecule has 0 aromatic heterocycles. The van der Waals surface area contributed by atoms with Crippen LogP contribution in [0.2, 0.25) is 0 Å². The summed E-state index contributed by atoms with van der Waals surface area (Å²) in [6.45, 7) is 9.48. The lowest BCUT2D eigenvalue weighted by molar-refractivity contribution is -0.120. The van der Waals surface area contributed by atoms with Gasteiger partial charge in [-0.25, -0.2) is 0 Å². The number of rotatable bonds is 4. The van der Waals surface area contributed by atoms with Gasteiger partial charge in [0.15, 0.2) is 11.6 Å². The fourth-order valence-corrected chi connectivity index (χ4v) is 5.02. The third-order valence-electron chi connectivity index (χ3n) is 7.35. The van der Waals surface area contributed by atoms with Crippen molar-refractivity contribution in [2.24, 2.45) is 0 Å². The summed E-state index contributed by atoms with van der Waals surface area (Å²) in [6.07, 6.45) is 0. The molecule has 2 aliphatic rings. The molecule has 1 atom stereocenters. The van der Waals surface area contributed by atoms with Crippen LogP contribution in [-0.4, -0.2) is 54.6 Å². The lowest BCUT2D eigenvalue weighted by atomic mass is 9.84. The molecule has 0 unspecified atom stereocenters. The maximum absolute atomic E-state index is 13.1. The minimum absolute atomic E-state index is 0.125. The smallest absolute Gasteiger partial charge is 0.241 e. The van der Waals surface area contributed by atoms with Gasteiger partial charge in [0, 0.05) is 59.8 Å². The van der Waals surface area contributed by atoms with Gasteiger partial charge >= 0.3 is 0 Å². The van der Waals surface area contributed by atoms with Crippen molar-refractivity contribution < 1.29 is 14.4 Å². The molecule has 1 aliphatic carbocycles. The fraction of sp³-hybridized carbons (Fsp3) is 0.276. The van der Waals surface area contributed by atoms with Gasteiger partial charge in [0.25, 0.3) is 0 Å². The zero-order valence-corrected chi connectivity index (χ0v) is 20.3. The molecule has 5 rings (SSSR count). The molecular formula is C29H29N3O3.